The Kier molecular flexibility index (Phi) is 2.53. The first-order chi connectivity index (χ1) is 10.3. The van der Waals surface area contributed by atoms with Crippen LogP contribution in [0.3, 0.4) is 0 Å². The van der Waals surface area contributed by atoms with Gasteiger partial charge in [0.05, 0.1) is 11.0 Å². The normalized spacial score (nSPS) is 11.1. The van der Waals surface area contributed by atoms with E-state index in [9.17, 15) is 0 Å². The fourth-order valence-electron chi connectivity index (χ4n) is 2.48. The molecule has 0 unspecified atom stereocenters. The van der Waals surface area contributed by atoms with Crippen LogP contribution < -0.4 is 0 Å². The summed E-state index contributed by atoms with van der Waals surface area (Å²) in [6.07, 6.45) is 1.75. The molecule has 0 spiro atoms. The monoisotopic (exact) mass is 276 g/mol. The van der Waals surface area contributed by atoms with Crippen LogP contribution in [0.5, 0.6) is 0 Å². The zero-order valence-electron chi connectivity index (χ0n) is 11.4. The Morgan fingerprint density at radius 3 is 2.57 bits per heavy atom. The molecule has 2 aromatic heterocycles. The molecule has 0 saturated carbocycles. The molecule has 4 aromatic rings. The van der Waals surface area contributed by atoms with Crippen molar-refractivity contribution in [2.75, 3.05) is 0 Å². The number of fused-ring (bicyclic) bond motifs is 1. The van der Waals surface area contributed by atoms with Gasteiger partial charge in [-0.2, -0.15) is 0 Å². The van der Waals surface area contributed by atoms with Crippen LogP contribution >= 0.6 is 0 Å². The number of hydrogen-bond acceptors (Lipinski definition) is 4. The average molecular weight is 276 g/mol. The standard InChI is InChI=1S/C15H12N6/c1-20-15(17-18-19-20)21-10-16-14-12(8-5-9-13(14)21)11-6-3-2-4-7-11/h2-10H,1H3. The lowest BCUT2D eigenvalue weighted by atomic mass is 10.0. The van der Waals surface area contributed by atoms with Crippen LogP contribution in [0.4, 0.5) is 0 Å². The lowest BCUT2D eigenvalue weighted by Gasteiger charge is -2.04. The molecule has 4 rings (SSSR count). The minimum atomic E-state index is 0.641. The van der Waals surface area contributed by atoms with Crippen molar-refractivity contribution in [1.29, 1.82) is 0 Å². The Bertz CT molecular complexity index is 906. The van der Waals surface area contributed by atoms with E-state index in [2.05, 4.69) is 38.7 Å². The lowest BCUT2D eigenvalue weighted by Crippen LogP contribution is -2.02. The van der Waals surface area contributed by atoms with Gasteiger partial charge in [-0.25, -0.2) is 9.67 Å². The predicted octanol–water partition coefficient (Wildman–Crippen LogP) is 2.22. The highest BCUT2D eigenvalue weighted by atomic mass is 15.6. The van der Waals surface area contributed by atoms with E-state index in [-0.39, 0.29) is 0 Å². The lowest BCUT2D eigenvalue weighted by molar-refractivity contribution is 0.694. The number of aromatic nitrogens is 6. The Labute approximate surface area is 120 Å². The molecule has 2 heterocycles. The summed E-state index contributed by atoms with van der Waals surface area (Å²) in [5, 5.41) is 11.6. The maximum Gasteiger partial charge on any atom is 0.255 e. The quantitative estimate of drug-likeness (QED) is 0.563. The maximum absolute atomic E-state index is 4.55. The van der Waals surface area contributed by atoms with E-state index in [1.54, 1.807) is 11.0 Å². The van der Waals surface area contributed by atoms with E-state index in [1.807, 2.05) is 41.9 Å². The highest BCUT2D eigenvalue weighted by Gasteiger charge is 2.12. The first kappa shape index (κ1) is 11.8. The van der Waals surface area contributed by atoms with Crippen LogP contribution in [0.1, 0.15) is 0 Å². The molecule has 0 bridgehead atoms. The fourth-order valence-corrected chi connectivity index (χ4v) is 2.48. The number of rotatable bonds is 2. The third-order valence-electron chi connectivity index (χ3n) is 3.47. The SMILES string of the molecule is Cn1nnnc1-n1cnc2c(-c3ccccc3)cccc21. The molecule has 2 aromatic carbocycles. The number of tetrazole rings is 1. The van der Waals surface area contributed by atoms with Gasteiger partial charge < -0.3 is 0 Å². The van der Waals surface area contributed by atoms with Crippen LogP contribution in [0.25, 0.3) is 28.1 Å². The van der Waals surface area contributed by atoms with E-state index in [0.29, 0.717) is 5.95 Å². The van der Waals surface area contributed by atoms with E-state index in [1.165, 1.54) is 0 Å². The second kappa shape index (κ2) is 4.52. The van der Waals surface area contributed by atoms with Crippen molar-refractivity contribution in [3.63, 3.8) is 0 Å². The number of nitrogens with zero attached hydrogens (tertiary/aromatic N) is 6. The number of imidazole rings is 1. The average Bonchev–Trinajstić information content (AvgIpc) is 3.13. The molecule has 0 fully saturated rings. The molecule has 102 valence electrons. The van der Waals surface area contributed by atoms with Crippen molar-refractivity contribution in [3.8, 4) is 17.1 Å². The molecule has 0 atom stereocenters. The predicted molar refractivity (Wildman–Crippen MR) is 78.9 cm³/mol. The van der Waals surface area contributed by atoms with Gasteiger partial charge >= 0.3 is 0 Å². The zero-order chi connectivity index (χ0) is 14.2. The number of para-hydroxylation sites is 1. The Balaban J connectivity index is 1.98. The van der Waals surface area contributed by atoms with Gasteiger partial charge in [-0.1, -0.05) is 47.6 Å². The van der Waals surface area contributed by atoms with Crippen LogP contribution in [0.15, 0.2) is 54.9 Å². The van der Waals surface area contributed by atoms with E-state index >= 15 is 0 Å². The van der Waals surface area contributed by atoms with Gasteiger partial charge in [0.15, 0.2) is 0 Å². The smallest absolute Gasteiger partial charge is 0.255 e. The Morgan fingerprint density at radius 1 is 0.952 bits per heavy atom. The van der Waals surface area contributed by atoms with E-state index < -0.39 is 0 Å². The van der Waals surface area contributed by atoms with Gasteiger partial charge in [0, 0.05) is 12.6 Å². The third-order valence-corrected chi connectivity index (χ3v) is 3.47. The molecule has 0 N–H and O–H groups in total. The van der Waals surface area contributed by atoms with Crippen LogP contribution in [0, 0.1) is 0 Å². The van der Waals surface area contributed by atoms with Crippen LogP contribution in [-0.2, 0) is 7.05 Å². The summed E-state index contributed by atoms with van der Waals surface area (Å²) in [4.78, 5) is 4.55. The molecule has 0 amide bonds. The second-order valence-corrected chi connectivity index (χ2v) is 4.76. The minimum Gasteiger partial charge on any atom is -0.266 e. The highest BCUT2D eigenvalue weighted by Crippen LogP contribution is 2.28. The molecular weight excluding hydrogens is 264 g/mol. The van der Waals surface area contributed by atoms with E-state index in [0.717, 1.165) is 22.2 Å². The molecule has 0 aliphatic carbocycles. The summed E-state index contributed by atoms with van der Waals surface area (Å²) in [6.45, 7) is 0. The Morgan fingerprint density at radius 2 is 1.81 bits per heavy atom. The zero-order valence-corrected chi connectivity index (χ0v) is 11.4. The summed E-state index contributed by atoms with van der Waals surface area (Å²) < 4.78 is 3.51. The van der Waals surface area contributed by atoms with E-state index in [4.69, 9.17) is 0 Å². The molecular formula is C15H12N6. The first-order valence-corrected chi connectivity index (χ1v) is 6.59. The van der Waals surface area contributed by atoms with Crippen molar-refractivity contribution in [1.82, 2.24) is 29.8 Å². The van der Waals surface area contributed by atoms with Gasteiger partial charge in [0.2, 0.25) is 0 Å². The van der Waals surface area contributed by atoms with Gasteiger partial charge in [0.1, 0.15) is 6.33 Å². The topological polar surface area (TPSA) is 61.4 Å². The van der Waals surface area contributed by atoms with Crippen molar-refractivity contribution in [2.24, 2.45) is 7.05 Å². The summed E-state index contributed by atoms with van der Waals surface area (Å²) in [5.74, 6) is 0.641. The van der Waals surface area contributed by atoms with Gasteiger partial charge in [0.25, 0.3) is 5.95 Å². The summed E-state index contributed by atoms with van der Waals surface area (Å²) in [6, 6.07) is 16.3. The summed E-state index contributed by atoms with van der Waals surface area (Å²) in [5.41, 5.74) is 4.16. The second-order valence-electron chi connectivity index (χ2n) is 4.76. The fraction of sp³-hybridized carbons (Fsp3) is 0.0667. The van der Waals surface area contributed by atoms with Crippen molar-refractivity contribution < 1.29 is 0 Å². The van der Waals surface area contributed by atoms with Crippen molar-refractivity contribution in [3.05, 3.63) is 54.9 Å². The Hall–Kier alpha value is -3.02. The molecule has 0 saturated heterocycles. The molecule has 6 heteroatoms. The summed E-state index contributed by atoms with van der Waals surface area (Å²) in [7, 11) is 1.81. The minimum absolute atomic E-state index is 0.641. The highest BCUT2D eigenvalue weighted by molar-refractivity contribution is 5.92. The van der Waals surface area contributed by atoms with Crippen LogP contribution in [0.2, 0.25) is 0 Å². The number of hydrogen-bond donors (Lipinski definition) is 0. The third kappa shape index (κ3) is 1.80. The molecule has 0 aliphatic rings. The number of benzene rings is 2. The van der Waals surface area contributed by atoms with Gasteiger partial charge in [-0.3, -0.25) is 4.57 Å². The largest absolute Gasteiger partial charge is 0.266 e. The maximum atomic E-state index is 4.55. The molecule has 6 nitrogen and oxygen atoms in total. The number of aryl methyl sites for hydroxylation is 1. The van der Waals surface area contributed by atoms with Gasteiger partial charge in [-0.05, 0) is 22.1 Å². The first-order valence-electron chi connectivity index (χ1n) is 6.59. The summed E-state index contributed by atoms with van der Waals surface area (Å²) >= 11 is 0. The molecule has 21 heavy (non-hydrogen) atoms. The molecule has 0 radical (unpaired) electrons. The van der Waals surface area contributed by atoms with Gasteiger partial charge in [-0.15, -0.1) is 0 Å². The van der Waals surface area contributed by atoms with Crippen molar-refractivity contribution in [2.45, 2.75) is 0 Å². The molecule has 0 aliphatic heterocycles. The van der Waals surface area contributed by atoms with Crippen LogP contribution in [-0.4, -0.2) is 29.8 Å². The van der Waals surface area contributed by atoms with Crippen molar-refractivity contribution >= 4 is 11.0 Å².